The summed E-state index contributed by atoms with van der Waals surface area (Å²) in [5.74, 6) is 1.43. The van der Waals surface area contributed by atoms with Crippen LogP contribution in [0.1, 0.15) is 39.2 Å². The quantitative estimate of drug-likeness (QED) is 0.317. The fourth-order valence-corrected chi connectivity index (χ4v) is 4.69. The number of nitrogens with zero attached hydrogens (tertiary/aromatic N) is 5. The highest BCUT2D eigenvalue weighted by Gasteiger charge is 2.19. The molecular weight excluding hydrogens is 516 g/mol. The molecule has 0 aliphatic carbocycles. The molecule has 0 saturated carbocycles. The number of nitrogens with one attached hydrogen (secondary N) is 1. The van der Waals surface area contributed by atoms with Gasteiger partial charge in [-0.25, -0.2) is 9.97 Å². The number of carbonyl (C=O) groups excluding carboxylic acids is 1. The average molecular weight is 549 g/mol. The van der Waals surface area contributed by atoms with E-state index < -0.39 is 0 Å². The smallest absolute Gasteiger partial charge is 0.230 e. The molecule has 1 aliphatic rings. The minimum Gasteiger partial charge on any atom is -0.490 e. The summed E-state index contributed by atoms with van der Waals surface area (Å²) < 4.78 is 14.2. The van der Waals surface area contributed by atoms with E-state index in [1.54, 1.807) is 18.3 Å². The van der Waals surface area contributed by atoms with Gasteiger partial charge in [0.25, 0.3) is 0 Å². The molecule has 4 aromatic rings. The van der Waals surface area contributed by atoms with Crippen LogP contribution in [0.5, 0.6) is 17.4 Å². The topological polar surface area (TPSA) is 94.4 Å². The molecule has 1 fully saturated rings. The van der Waals surface area contributed by atoms with Gasteiger partial charge in [0.1, 0.15) is 23.9 Å². The number of benzene rings is 2. The zero-order chi connectivity index (χ0) is 27.6. The first-order valence-corrected chi connectivity index (χ1v) is 13.4. The number of piperidine rings is 1. The predicted octanol–water partition coefficient (Wildman–Crippen LogP) is 5.68. The lowest BCUT2D eigenvalue weighted by Gasteiger charge is -2.29. The lowest BCUT2D eigenvalue weighted by Crippen LogP contribution is -2.35. The van der Waals surface area contributed by atoms with Crippen molar-refractivity contribution in [1.29, 1.82) is 0 Å². The maximum atomic E-state index is 12.6. The van der Waals surface area contributed by atoms with Gasteiger partial charge in [-0.2, -0.15) is 5.10 Å². The van der Waals surface area contributed by atoms with E-state index in [-0.39, 0.29) is 24.0 Å². The largest absolute Gasteiger partial charge is 0.490 e. The number of carbonyl (C=O) groups is 1. The van der Waals surface area contributed by atoms with Gasteiger partial charge in [0.15, 0.2) is 0 Å². The van der Waals surface area contributed by atoms with Crippen LogP contribution in [-0.4, -0.2) is 56.8 Å². The van der Waals surface area contributed by atoms with Gasteiger partial charge in [-0.15, -0.1) is 0 Å². The first-order chi connectivity index (χ1) is 18.6. The Morgan fingerprint density at radius 1 is 1.13 bits per heavy atom. The molecule has 0 unspecified atom stereocenters. The Kier molecular flexibility index (Phi) is 7.72. The third-order valence-corrected chi connectivity index (χ3v) is 6.96. The molecule has 1 aliphatic heterocycles. The molecule has 1 saturated heterocycles. The van der Waals surface area contributed by atoms with Crippen LogP contribution in [0.3, 0.4) is 0 Å². The van der Waals surface area contributed by atoms with Crippen LogP contribution in [0.15, 0.2) is 55.1 Å². The molecule has 10 heteroatoms. The molecule has 204 valence electrons. The van der Waals surface area contributed by atoms with Crippen molar-refractivity contribution >= 4 is 34.1 Å². The SMILES string of the molecule is CN1CCC(Oc2ccc3ncnc(Oc4ccc(CC(=O)Nc5cnn(C(C)(C)C)c5)cc4Cl)c3c2)CC1. The highest BCUT2D eigenvalue weighted by Crippen LogP contribution is 2.34. The third kappa shape index (κ3) is 6.66. The third-order valence-electron chi connectivity index (χ3n) is 6.66. The summed E-state index contributed by atoms with van der Waals surface area (Å²) in [6.07, 6.45) is 7.24. The predicted molar refractivity (Wildman–Crippen MR) is 152 cm³/mol. The van der Waals surface area contributed by atoms with E-state index in [4.69, 9.17) is 21.1 Å². The second-order valence-corrected chi connectivity index (χ2v) is 11.3. The second kappa shape index (κ2) is 11.2. The first-order valence-electron chi connectivity index (χ1n) is 13.1. The van der Waals surface area contributed by atoms with E-state index in [9.17, 15) is 4.79 Å². The van der Waals surface area contributed by atoms with E-state index in [0.29, 0.717) is 22.3 Å². The fourth-order valence-electron chi connectivity index (χ4n) is 4.45. The zero-order valence-electron chi connectivity index (χ0n) is 22.6. The summed E-state index contributed by atoms with van der Waals surface area (Å²) in [6.45, 7) is 8.18. The standard InChI is InChI=1S/C29H33ClN6O3/c1-29(2,3)36-17-20(16-33-36)34-27(37)14-19-5-8-26(24(30)13-19)39-28-23-15-22(6-7-25(23)31-18-32-28)38-21-9-11-35(4)12-10-21/h5-8,13,15-18,21H,9-12,14H2,1-4H3,(H,34,37). The average Bonchev–Trinajstić information content (AvgIpc) is 3.36. The van der Waals surface area contributed by atoms with Gasteiger partial charge >= 0.3 is 0 Å². The minimum atomic E-state index is -0.164. The second-order valence-electron chi connectivity index (χ2n) is 10.9. The highest BCUT2D eigenvalue weighted by molar-refractivity contribution is 6.32. The van der Waals surface area contributed by atoms with Crippen molar-refractivity contribution in [2.75, 3.05) is 25.5 Å². The van der Waals surface area contributed by atoms with Gasteiger partial charge in [-0.3, -0.25) is 9.48 Å². The van der Waals surface area contributed by atoms with Crippen LogP contribution in [0.4, 0.5) is 5.69 Å². The van der Waals surface area contributed by atoms with E-state index in [2.05, 4.69) is 32.3 Å². The Bertz CT molecular complexity index is 1470. The van der Waals surface area contributed by atoms with Gasteiger partial charge in [-0.05, 0) is 76.6 Å². The van der Waals surface area contributed by atoms with Crippen molar-refractivity contribution < 1.29 is 14.3 Å². The zero-order valence-corrected chi connectivity index (χ0v) is 23.4. The van der Waals surface area contributed by atoms with Crippen molar-refractivity contribution in [3.63, 3.8) is 0 Å². The Balaban J connectivity index is 1.26. The molecule has 3 heterocycles. The summed E-state index contributed by atoms with van der Waals surface area (Å²) in [5, 5.41) is 8.32. The van der Waals surface area contributed by atoms with Crippen LogP contribution < -0.4 is 14.8 Å². The molecular formula is C29H33ClN6O3. The number of hydrogen-bond donors (Lipinski definition) is 1. The summed E-state index contributed by atoms with van der Waals surface area (Å²) in [5.41, 5.74) is 1.99. The van der Waals surface area contributed by atoms with E-state index in [1.807, 2.05) is 55.9 Å². The molecule has 0 radical (unpaired) electrons. The van der Waals surface area contributed by atoms with Gasteiger partial charge in [0.2, 0.25) is 11.8 Å². The van der Waals surface area contributed by atoms with Crippen LogP contribution in [-0.2, 0) is 16.8 Å². The molecule has 2 aromatic heterocycles. The summed E-state index contributed by atoms with van der Waals surface area (Å²) in [7, 11) is 2.13. The maximum Gasteiger partial charge on any atom is 0.230 e. The number of aromatic nitrogens is 4. The number of likely N-dealkylation sites (tertiary alicyclic amines) is 1. The van der Waals surface area contributed by atoms with Crippen LogP contribution in [0.2, 0.25) is 5.02 Å². The Morgan fingerprint density at radius 3 is 2.64 bits per heavy atom. The van der Waals surface area contributed by atoms with Crippen molar-refractivity contribution in [3.05, 3.63) is 65.7 Å². The lowest BCUT2D eigenvalue weighted by atomic mass is 10.1. The Morgan fingerprint density at radius 2 is 1.92 bits per heavy atom. The summed E-state index contributed by atoms with van der Waals surface area (Å²) in [4.78, 5) is 23.6. The van der Waals surface area contributed by atoms with Crippen molar-refractivity contribution in [3.8, 4) is 17.4 Å². The molecule has 0 spiro atoms. The molecule has 39 heavy (non-hydrogen) atoms. The monoisotopic (exact) mass is 548 g/mol. The molecule has 0 atom stereocenters. The lowest BCUT2D eigenvalue weighted by molar-refractivity contribution is -0.115. The summed E-state index contributed by atoms with van der Waals surface area (Å²) in [6, 6.07) is 11.0. The van der Waals surface area contributed by atoms with Gasteiger partial charge in [-0.1, -0.05) is 17.7 Å². The van der Waals surface area contributed by atoms with Crippen molar-refractivity contribution in [2.45, 2.75) is 51.7 Å². The number of amides is 1. The molecule has 0 bridgehead atoms. The minimum absolute atomic E-state index is 0.160. The highest BCUT2D eigenvalue weighted by atomic mass is 35.5. The number of rotatable bonds is 7. The van der Waals surface area contributed by atoms with Crippen molar-refractivity contribution in [1.82, 2.24) is 24.6 Å². The van der Waals surface area contributed by atoms with Crippen LogP contribution >= 0.6 is 11.6 Å². The molecule has 5 rings (SSSR count). The number of halogens is 1. The molecule has 9 nitrogen and oxygen atoms in total. The Labute approximate surface area is 233 Å². The number of anilines is 1. The molecule has 2 aromatic carbocycles. The molecule has 1 N–H and O–H groups in total. The van der Waals surface area contributed by atoms with E-state index >= 15 is 0 Å². The van der Waals surface area contributed by atoms with E-state index in [0.717, 1.165) is 48.1 Å². The van der Waals surface area contributed by atoms with Gasteiger partial charge in [0.05, 0.1) is 39.8 Å². The maximum absolute atomic E-state index is 12.6. The first kappa shape index (κ1) is 26.9. The van der Waals surface area contributed by atoms with Crippen LogP contribution in [0.25, 0.3) is 10.9 Å². The van der Waals surface area contributed by atoms with E-state index in [1.165, 1.54) is 6.33 Å². The number of hydrogen-bond acceptors (Lipinski definition) is 7. The number of ether oxygens (including phenoxy) is 2. The summed E-state index contributed by atoms with van der Waals surface area (Å²) >= 11 is 6.56. The normalized spacial score (nSPS) is 14.9. The Hall–Kier alpha value is -3.69. The van der Waals surface area contributed by atoms with Gasteiger partial charge in [0, 0.05) is 19.3 Å². The van der Waals surface area contributed by atoms with Crippen molar-refractivity contribution in [2.24, 2.45) is 0 Å². The van der Waals surface area contributed by atoms with Gasteiger partial charge < -0.3 is 19.7 Å². The van der Waals surface area contributed by atoms with Crippen LogP contribution in [0, 0.1) is 0 Å². The molecule has 1 amide bonds. The number of fused-ring (bicyclic) bond motifs is 1. The fraction of sp³-hybridized carbons (Fsp3) is 0.379.